The molecule has 0 radical (unpaired) electrons. The fourth-order valence-electron chi connectivity index (χ4n) is 1.15. The number of benzene rings is 1. The minimum absolute atomic E-state index is 0.00409. The van der Waals surface area contributed by atoms with E-state index in [0.29, 0.717) is 0 Å². The van der Waals surface area contributed by atoms with Crippen molar-refractivity contribution in [3.8, 4) is 5.69 Å². The monoisotopic (exact) mass is 308 g/mol. The van der Waals surface area contributed by atoms with Gasteiger partial charge in [-0.3, -0.25) is 0 Å². The standard InChI is InChI=1S/C8H4BrClF2N4/c9-4-1-6(12)7(2-5(4)11)16-8(3-10)13-14-15-16/h1-2H,3H2. The molecule has 0 fully saturated rings. The van der Waals surface area contributed by atoms with Crippen molar-refractivity contribution in [2.75, 3.05) is 0 Å². The van der Waals surface area contributed by atoms with Gasteiger partial charge in [0.05, 0.1) is 10.4 Å². The Balaban J connectivity index is 2.60. The largest absolute Gasteiger partial charge is 0.206 e. The molecule has 16 heavy (non-hydrogen) atoms. The fourth-order valence-corrected chi connectivity index (χ4v) is 1.63. The lowest BCUT2D eigenvalue weighted by Gasteiger charge is -2.05. The quantitative estimate of drug-likeness (QED) is 0.632. The Bertz CT molecular complexity index is 531. The number of tetrazole rings is 1. The molecule has 1 aromatic heterocycles. The summed E-state index contributed by atoms with van der Waals surface area (Å²) in [4.78, 5) is 0. The summed E-state index contributed by atoms with van der Waals surface area (Å²) >= 11 is 8.44. The van der Waals surface area contributed by atoms with Gasteiger partial charge in [-0.25, -0.2) is 8.78 Å². The van der Waals surface area contributed by atoms with Gasteiger partial charge in [-0.2, -0.15) is 4.68 Å². The molecule has 0 atom stereocenters. The Labute approximate surface area is 102 Å². The van der Waals surface area contributed by atoms with Gasteiger partial charge in [0.2, 0.25) is 0 Å². The summed E-state index contributed by atoms with van der Waals surface area (Å²) in [6.45, 7) is 0. The van der Waals surface area contributed by atoms with Gasteiger partial charge in [-0.1, -0.05) is 0 Å². The van der Waals surface area contributed by atoms with Gasteiger partial charge in [0.25, 0.3) is 0 Å². The first-order valence-electron chi connectivity index (χ1n) is 4.11. The topological polar surface area (TPSA) is 43.6 Å². The van der Waals surface area contributed by atoms with E-state index in [1.54, 1.807) is 0 Å². The Hall–Kier alpha value is -1.08. The Kier molecular flexibility index (Phi) is 3.15. The third-order valence-corrected chi connectivity index (χ3v) is 2.72. The highest BCUT2D eigenvalue weighted by Crippen LogP contribution is 2.22. The highest BCUT2D eigenvalue weighted by atomic mass is 79.9. The normalized spacial score (nSPS) is 10.8. The van der Waals surface area contributed by atoms with E-state index in [2.05, 4.69) is 31.5 Å². The highest BCUT2D eigenvalue weighted by molar-refractivity contribution is 9.10. The molecule has 0 saturated heterocycles. The summed E-state index contributed by atoms with van der Waals surface area (Å²) < 4.78 is 27.9. The number of nitrogens with zero attached hydrogens (tertiary/aromatic N) is 4. The predicted octanol–water partition coefficient (Wildman–Crippen LogP) is 2.44. The SMILES string of the molecule is Fc1cc(-n2nnnc2CCl)c(F)cc1Br. The summed E-state index contributed by atoms with van der Waals surface area (Å²) in [5.41, 5.74) is -0.0821. The molecule has 0 N–H and O–H groups in total. The summed E-state index contributed by atoms with van der Waals surface area (Å²) in [6, 6.07) is 2.00. The summed E-state index contributed by atoms with van der Waals surface area (Å²) in [7, 11) is 0. The average molecular weight is 310 g/mol. The second kappa shape index (κ2) is 4.42. The van der Waals surface area contributed by atoms with Crippen LogP contribution in [0.3, 0.4) is 0 Å². The molecule has 2 aromatic rings. The molecular weight excluding hydrogens is 305 g/mol. The van der Waals surface area contributed by atoms with Crippen molar-refractivity contribution in [2.24, 2.45) is 0 Å². The van der Waals surface area contributed by atoms with Crippen LogP contribution in [-0.4, -0.2) is 20.2 Å². The van der Waals surface area contributed by atoms with Crippen molar-refractivity contribution in [3.63, 3.8) is 0 Å². The molecule has 0 saturated carbocycles. The van der Waals surface area contributed by atoms with Crippen molar-refractivity contribution in [1.82, 2.24) is 20.2 Å². The number of hydrogen-bond donors (Lipinski definition) is 0. The predicted molar refractivity (Wildman–Crippen MR) is 56.3 cm³/mol. The lowest BCUT2D eigenvalue weighted by Crippen LogP contribution is -2.05. The molecule has 0 aliphatic rings. The molecule has 0 aliphatic carbocycles. The molecule has 0 unspecified atom stereocenters. The number of aromatic nitrogens is 4. The Morgan fingerprint density at radius 1 is 1.31 bits per heavy atom. The zero-order valence-corrected chi connectivity index (χ0v) is 10.0. The molecule has 2 rings (SSSR count). The summed E-state index contributed by atoms with van der Waals surface area (Å²) in [5, 5.41) is 10.5. The van der Waals surface area contributed by atoms with Crippen LogP contribution >= 0.6 is 27.5 Å². The van der Waals surface area contributed by atoms with Crippen LogP contribution in [0.2, 0.25) is 0 Å². The van der Waals surface area contributed by atoms with E-state index in [-0.39, 0.29) is 21.9 Å². The van der Waals surface area contributed by atoms with E-state index in [0.717, 1.165) is 16.8 Å². The lowest BCUT2D eigenvalue weighted by molar-refractivity contribution is 0.577. The van der Waals surface area contributed by atoms with Gasteiger partial charge >= 0.3 is 0 Å². The van der Waals surface area contributed by atoms with Crippen LogP contribution in [0, 0.1) is 11.6 Å². The summed E-state index contributed by atoms with van der Waals surface area (Å²) in [5.74, 6) is -1.01. The number of hydrogen-bond acceptors (Lipinski definition) is 3. The van der Waals surface area contributed by atoms with Gasteiger partial charge in [0, 0.05) is 6.07 Å². The van der Waals surface area contributed by atoms with Gasteiger partial charge in [-0.05, 0) is 32.4 Å². The number of rotatable bonds is 2. The van der Waals surface area contributed by atoms with E-state index >= 15 is 0 Å². The van der Waals surface area contributed by atoms with Crippen molar-refractivity contribution in [3.05, 3.63) is 34.1 Å². The van der Waals surface area contributed by atoms with Crippen LogP contribution in [0.15, 0.2) is 16.6 Å². The van der Waals surface area contributed by atoms with Crippen LogP contribution in [0.1, 0.15) is 5.82 Å². The number of halogens is 4. The molecular formula is C8H4BrClF2N4. The van der Waals surface area contributed by atoms with Crippen LogP contribution in [0.4, 0.5) is 8.78 Å². The van der Waals surface area contributed by atoms with Crippen LogP contribution in [0.25, 0.3) is 5.69 Å². The van der Waals surface area contributed by atoms with Gasteiger partial charge in [-0.15, -0.1) is 16.7 Å². The maximum Gasteiger partial charge on any atom is 0.171 e. The zero-order valence-electron chi connectivity index (χ0n) is 7.66. The molecule has 1 aromatic carbocycles. The first-order valence-corrected chi connectivity index (χ1v) is 5.44. The van der Waals surface area contributed by atoms with Crippen LogP contribution in [0.5, 0.6) is 0 Å². The second-order valence-electron chi connectivity index (χ2n) is 2.86. The maximum absolute atomic E-state index is 13.6. The van der Waals surface area contributed by atoms with Crippen molar-refractivity contribution in [2.45, 2.75) is 5.88 Å². The maximum atomic E-state index is 13.6. The first kappa shape index (κ1) is 11.4. The van der Waals surface area contributed by atoms with E-state index in [4.69, 9.17) is 11.6 Å². The first-order chi connectivity index (χ1) is 7.63. The van der Waals surface area contributed by atoms with Crippen molar-refractivity contribution in [1.29, 1.82) is 0 Å². The molecule has 0 spiro atoms. The van der Waals surface area contributed by atoms with Crippen LogP contribution < -0.4 is 0 Å². The minimum atomic E-state index is -0.646. The smallest absolute Gasteiger partial charge is 0.171 e. The van der Waals surface area contributed by atoms with Crippen molar-refractivity contribution >= 4 is 27.5 Å². The minimum Gasteiger partial charge on any atom is -0.206 e. The van der Waals surface area contributed by atoms with Crippen LogP contribution in [-0.2, 0) is 5.88 Å². The summed E-state index contributed by atoms with van der Waals surface area (Å²) in [6.07, 6.45) is 0. The molecule has 8 heteroatoms. The molecule has 0 amide bonds. The van der Waals surface area contributed by atoms with E-state index < -0.39 is 11.6 Å². The highest BCUT2D eigenvalue weighted by Gasteiger charge is 2.14. The van der Waals surface area contributed by atoms with Gasteiger partial charge in [0.15, 0.2) is 5.82 Å². The fraction of sp³-hybridized carbons (Fsp3) is 0.125. The molecule has 84 valence electrons. The van der Waals surface area contributed by atoms with E-state index in [1.165, 1.54) is 0 Å². The zero-order chi connectivity index (χ0) is 11.7. The molecule has 4 nitrogen and oxygen atoms in total. The Morgan fingerprint density at radius 2 is 2.06 bits per heavy atom. The molecule has 1 heterocycles. The third kappa shape index (κ3) is 1.92. The molecule has 0 aliphatic heterocycles. The van der Waals surface area contributed by atoms with E-state index in [9.17, 15) is 8.78 Å². The van der Waals surface area contributed by atoms with Gasteiger partial charge < -0.3 is 0 Å². The third-order valence-electron chi connectivity index (χ3n) is 1.87. The number of alkyl halides is 1. The van der Waals surface area contributed by atoms with Crippen molar-refractivity contribution < 1.29 is 8.78 Å². The average Bonchev–Trinajstić information content (AvgIpc) is 2.71. The van der Waals surface area contributed by atoms with E-state index in [1.807, 2.05) is 0 Å². The van der Waals surface area contributed by atoms with Gasteiger partial charge in [0.1, 0.15) is 17.3 Å². The lowest BCUT2D eigenvalue weighted by atomic mass is 10.3. The Morgan fingerprint density at radius 3 is 2.75 bits per heavy atom. The molecule has 0 bridgehead atoms. The second-order valence-corrected chi connectivity index (χ2v) is 3.98.